The van der Waals surface area contributed by atoms with E-state index in [0.717, 1.165) is 12.2 Å². The summed E-state index contributed by atoms with van der Waals surface area (Å²) in [4.78, 5) is 9.57. The molecule has 1 aromatic carbocycles. The molecule has 5 heteroatoms. The Kier molecular flexibility index (Phi) is 4.04. The van der Waals surface area contributed by atoms with E-state index in [1.54, 1.807) is 17.8 Å². The molecule has 0 saturated heterocycles. The van der Waals surface area contributed by atoms with Crippen LogP contribution in [0.25, 0.3) is 0 Å². The van der Waals surface area contributed by atoms with Gasteiger partial charge in [0, 0.05) is 17.4 Å². The lowest BCUT2D eigenvalue weighted by molar-refractivity contribution is 0.459. The Morgan fingerprint density at radius 3 is 2.56 bits per heavy atom. The number of nitrogens with zero attached hydrogens (tertiary/aromatic N) is 2. The zero-order valence-corrected chi connectivity index (χ0v) is 11.2. The predicted molar refractivity (Wildman–Crippen MR) is 74.1 cm³/mol. The molecule has 0 saturated carbocycles. The summed E-state index contributed by atoms with van der Waals surface area (Å²) in [7, 11) is 0. The third-order valence-corrected chi connectivity index (χ3v) is 3.11. The summed E-state index contributed by atoms with van der Waals surface area (Å²) in [6, 6.07) is 9.46. The van der Waals surface area contributed by atoms with Gasteiger partial charge in [0.2, 0.25) is 5.88 Å². The lowest BCUT2D eigenvalue weighted by Gasteiger charge is -2.07. The number of hydrogen-bond acceptors (Lipinski definition) is 5. The van der Waals surface area contributed by atoms with E-state index in [-0.39, 0.29) is 0 Å². The van der Waals surface area contributed by atoms with Gasteiger partial charge in [0.1, 0.15) is 17.4 Å². The molecule has 2 aromatic rings. The highest BCUT2D eigenvalue weighted by Gasteiger charge is 2.03. The summed E-state index contributed by atoms with van der Waals surface area (Å²) in [6.45, 7) is 1.98. The van der Waals surface area contributed by atoms with Gasteiger partial charge in [-0.15, -0.1) is 11.8 Å². The topological polar surface area (TPSA) is 61.0 Å². The first kappa shape index (κ1) is 12.7. The SMILES string of the molecule is CCc1nc(N)cc(Oc2ccc(SC)cc2)n1. The zero-order valence-electron chi connectivity index (χ0n) is 10.4. The number of hydrogen-bond donors (Lipinski definition) is 1. The van der Waals surface area contributed by atoms with Crippen LogP contribution < -0.4 is 10.5 Å². The molecule has 1 heterocycles. The van der Waals surface area contributed by atoms with Crippen molar-refractivity contribution in [3.05, 3.63) is 36.2 Å². The van der Waals surface area contributed by atoms with Crippen molar-refractivity contribution in [2.45, 2.75) is 18.2 Å². The van der Waals surface area contributed by atoms with E-state index in [2.05, 4.69) is 9.97 Å². The summed E-state index contributed by atoms with van der Waals surface area (Å²) < 4.78 is 5.66. The lowest BCUT2D eigenvalue weighted by Crippen LogP contribution is -2.00. The molecule has 0 amide bonds. The number of rotatable bonds is 4. The van der Waals surface area contributed by atoms with E-state index in [0.29, 0.717) is 17.5 Å². The second-order valence-corrected chi connectivity index (χ2v) is 4.56. The average molecular weight is 261 g/mol. The number of aryl methyl sites for hydroxylation is 1. The van der Waals surface area contributed by atoms with Crippen LogP contribution in [0.4, 0.5) is 5.82 Å². The van der Waals surface area contributed by atoms with E-state index < -0.39 is 0 Å². The van der Waals surface area contributed by atoms with Crippen LogP contribution in [0.3, 0.4) is 0 Å². The molecule has 0 atom stereocenters. The normalized spacial score (nSPS) is 10.3. The molecule has 0 spiro atoms. The van der Waals surface area contributed by atoms with Gasteiger partial charge in [-0.2, -0.15) is 4.98 Å². The number of anilines is 1. The van der Waals surface area contributed by atoms with Crippen molar-refractivity contribution < 1.29 is 4.74 Å². The van der Waals surface area contributed by atoms with Gasteiger partial charge < -0.3 is 10.5 Å². The van der Waals surface area contributed by atoms with Crippen LogP contribution >= 0.6 is 11.8 Å². The van der Waals surface area contributed by atoms with E-state index in [1.807, 2.05) is 37.4 Å². The first-order chi connectivity index (χ1) is 8.71. The van der Waals surface area contributed by atoms with E-state index >= 15 is 0 Å². The Balaban J connectivity index is 2.19. The maximum atomic E-state index is 5.70. The van der Waals surface area contributed by atoms with Crippen LogP contribution in [0.2, 0.25) is 0 Å². The average Bonchev–Trinajstić information content (AvgIpc) is 2.39. The maximum Gasteiger partial charge on any atom is 0.224 e. The fourth-order valence-corrected chi connectivity index (χ4v) is 1.88. The van der Waals surface area contributed by atoms with Crippen molar-refractivity contribution in [3.8, 4) is 11.6 Å². The number of nitrogens with two attached hydrogens (primary N) is 1. The molecule has 2 N–H and O–H groups in total. The van der Waals surface area contributed by atoms with Crippen LogP contribution in [-0.2, 0) is 6.42 Å². The van der Waals surface area contributed by atoms with E-state index in [4.69, 9.17) is 10.5 Å². The van der Waals surface area contributed by atoms with Crippen molar-refractivity contribution in [2.75, 3.05) is 12.0 Å². The van der Waals surface area contributed by atoms with Gasteiger partial charge in [0.15, 0.2) is 0 Å². The standard InChI is InChI=1S/C13H15N3OS/c1-3-12-15-11(14)8-13(16-12)17-9-4-6-10(18-2)7-5-9/h4-8H,3H2,1-2H3,(H2,14,15,16). The Morgan fingerprint density at radius 2 is 1.94 bits per heavy atom. The van der Waals surface area contributed by atoms with Crippen LogP contribution in [0, 0.1) is 0 Å². The minimum atomic E-state index is 0.428. The molecule has 0 radical (unpaired) electrons. The fraction of sp³-hybridized carbons (Fsp3) is 0.231. The van der Waals surface area contributed by atoms with Gasteiger partial charge in [-0.25, -0.2) is 4.98 Å². The molecule has 0 unspecified atom stereocenters. The highest BCUT2D eigenvalue weighted by molar-refractivity contribution is 7.98. The van der Waals surface area contributed by atoms with Crippen molar-refractivity contribution in [1.82, 2.24) is 9.97 Å². The van der Waals surface area contributed by atoms with Crippen LogP contribution in [-0.4, -0.2) is 16.2 Å². The zero-order chi connectivity index (χ0) is 13.0. The fourth-order valence-electron chi connectivity index (χ4n) is 1.47. The first-order valence-corrected chi connectivity index (χ1v) is 6.89. The van der Waals surface area contributed by atoms with Crippen molar-refractivity contribution in [1.29, 1.82) is 0 Å². The second-order valence-electron chi connectivity index (χ2n) is 3.68. The van der Waals surface area contributed by atoms with Gasteiger partial charge in [-0.3, -0.25) is 0 Å². The molecule has 1 aromatic heterocycles. The number of thioether (sulfide) groups is 1. The van der Waals surface area contributed by atoms with E-state index in [1.165, 1.54) is 4.90 Å². The number of ether oxygens (including phenoxy) is 1. The van der Waals surface area contributed by atoms with Crippen molar-refractivity contribution in [3.63, 3.8) is 0 Å². The lowest BCUT2D eigenvalue weighted by atomic mass is 10.3. The summed E-state index contributed by atoms with van der Waals surface area (Å²) in [5.74, 6) is 2.34. The molecule has 2 rings (SSSR count). The molecule has 0 aliphatic rings. The smallest absolute Gasteiger partial charge is 0.224 e. The Morgan fingerprint density at radius 1 is 1.22 bits per heavy atom. The molecule has 0 bridgehead atoms. The van der Waals surface area contributed by atoms with Crippen LogP contribution in [0.15, 0.2) is 35.2 Å². The summed E-state index contributed by atoms with van der Waals surface area (Å²) in [5.41, 5.74) is 5.70. The van der Waals surface area contributed by atoms with Gasteiger partial charge in [-0.1, -0.05) is 6.92 Å². The van der Waals surface area contributed by atoms with Gasteiger partial charge in [0.05, 0.1) is 0 Å². The molecule has 18 heavy (non-hydrogen) atoms. The quantitative estimate of drug-likeness (QED) is 0.857. The number of benzene rings is 1. The molecule has 0 aliphatic carbocycles. The second kappa shape index (κ2) is 5.73. The van der Waals surface area contributed by atoms with Crippen LogP contribution in [0.1, 0.15) is 12.7 Å². The van der Waals surface area contributed by atoms with Gasteiger partial charge >= 0.3 is 0 Å². The molecule has 0 fully saturated rings. The Hall–Kier alpha value is -1.75. The first-order valence-electron chi connectivity index (χ1n) is 5.66. The predicted octanol–water partition coefficient (Wildman–Crippen LogP) is 3.14. The van der Waals surface area contributed by atoms with Crippen LogP contribution in [0.5, 0.6) is 11.6 Å². The third kappa shape index (κ3) is 3.13. The Bertz CT molecular complexity index is 528. The molecule has 94 valence electrons. The summed E-state index contributed by atoms with van der Waals surface area (Å²) >= 11 is 1.69. The van der Waals surface area contributed by atoms with E-state index in [9.17, 15) is 0 Å². The highest BCUT2D eigenvalue weighted by atomic mass is 32.2. The number of nitrogen functional groups attached to an aromatic ring is 1. The highest BCUT2D eigenvalue weighted by Crippen LogP contribution is 2.23. The minimum Gasteiger partial charge on any atom is -0.439 e. The monoisotopic (exact) mass is 261 g/mol. The maximum absolute atomic E-state index is 5.70. The van der Waals surface area contributed by atoms with Gasteiger partial charge in [-0.05, 0) is 30.5 Å². The molecular formula is C13H15N3OS. The minimum absolute atomic E-state index is 0.428. The largest absolute Gasteiger partial charge is 0.439 e. The molecule has 4 nitrogen and oxygen atoms in total. The van der Waals surface area contributed by atoms with Crippen molar-refractivity contribution >= 4 is 17.6 Å². The molecule has 0 aliphatic heterocycles. The summed E-state index contributed by atoms with van der Waals surface area (Å²) in [6.07, 6.45) is 2.77. The third-order valence-electron chi connectivity index (χ3n) is 2.37. The van der Waals surface area contributed by atoms with Crippen molar-refractivity contribution in [2.24, 2.45) is 0 Å². The van der Waals surface area contributed by atoms with Gasteiger partial charge in [0.25, 0.3) is 0 Å². The number of aromatic nitrogens is 2. The summed E-state index contributed by atoms with van der Waals surface area (Å²) in [5, 5.41) is 0. The molecular weight excluding hydrogens is 246 g/mol. The Labute approximate surface area is 111 Å².